The first-order valence-electron chi connectivity index (χ1n) is 5.25. The molecule has 0 aromatic carbocycles. The number of aromatic nitrogens is 4. The predicted octanol–water partition coefficient (Wildman–Crippen LogP) is 0.767. The van der Waals surface area contributed by atoms with E-state index in [-0.39, 0.29) is 11.9 Å². The van der Waals surface area contributed by atoms with Crippen LogP contribution in [0, 0.1) is 0 Å². The molecule has 0 aliphatic heterocycles. The molecule has 2 heterocycles. The van der Waals surface area contributed by atoms with E-state index in [0.717, 1.165) is 5.56 Å². The Morgan fingerprint density at radius 1 is 1.50 bits per heavy atom. The van der Waals surface area contributed by atoms with Gasteiger partial charge in [0.2, 0.25) is 0 Å². The minimum atomic E-state index is -2.79. The van der Waals surface area contributed by atoms with Crippen LogP contribution in [-0.2, 0) is 0 Å². The molecule has 2 aromatic rings. The van der Waals surface area contributed by atoms with Crippen molar-refractivity contribution in [3.8, 4) is 0 Å². The number of nitrogens with one attached hydrogen (secondary N) is 1. The summed E-state index contributed by atoms with van der Waals surface area (Å²) in [6, 6.07) is 1.51. The van der Waals surface area contributed by atoms with E-state index in [4.69, 9.17) is 5.73 Å². The highest BCUT2D eigenvalue weighted by Crippen LogP contribution is 2.21. The third-order valence-electron chi connectivity index (χ3n) is 2.25. The van der Waals surface area contributed by atoms with E-state index in [2.05, 4.69) is 20.7 Å². The lowest BCUT2D eigenvalue weighted by Crippen LogP contribution is -2.28. The maximum atomic E-state index is 12.4. The minimum Gasteiger partial charge on any atom is -0.329 e. The van der Waals surface area contributed by atoms with Crippen molar-refractivity contribution in [1.82, 2.24) is 25.5 Å². The van der Waals surface area contributed by atoms with Crippen LogP contribution < -0.4 is 11.1 Å². The molecule has 0 saturated carbocycles. The number of halogens is 2. The summed E-state index contributed by atoms with van der Waals surface area (Å²) < 4.78 is 24.8. The molecule has 0 saturated heterocycles. The van der Waals surface area contributed by atoms with Gasteiger partial charge in [0.25, 0.3) is 0 Å². The van der Waals surface area contributed by atoms with Crippen LogP contribution in [0.1, 0.15) is 24.0 Å². The SMILES string of the molecule is NCCNC(c1ccsc1)c1nnn(C(F)F)n1. The van der Waals surface area contributed by atoms with Crippen molar-refractivity contribution in [2.45, 2.75) is 12.6 Å². The van der Waals surface area contributed by atoms with Crippen molar-refractivity contribution in [2.24, 2.45) is 5.73 Å². The summed E-state index contributed by atoms with van der Waals surface area (Å²) in [5, 5.41) is 17.5. The zero-order valence-electron chi connectivity index (χ0n) is 9.33. The lowest BCUT2D eigenvalue weighted by atomic mass is 10.1. The van der Waals surface area contributed by atoms with E-state index >= 15 is 0 Å². The van der Waals surface area contributed by atoms with Gasteiger partial charge in [0.1, 0.15) is 0 Å². The summed E-state index contributed by atoms with van der Waals surface area (Å²) in [6.07, 6.45) is 0. The van der Waals surface area contributed by atoms with Crippen molar-refractivity contribution >= 4 is 11.3 Å². The average Bonchev–Trinajstić information content (AvgIpc) is 3.00. The van der Waals surface area contributed by atoms with Crippen molar-refractivity contribution in [3.05, 3.63) is 28.2 Å². The maximum absolute atomic E-state index is 12.4. The van der Waals surface area contributed by atoms with Gasteiger partial charge in [-0.1, -0.05) is 4.80 Å². The third kappa shape index (κ3) is 2.86. The molecule has 9 heteroatoms. The molecule has 2 aromatic heterocycles. The van der Waals surface area contributed by atoms with Crippen LogP contribution in [0.4, 0.5) is 8.78 Å². The molecule has 98 valence electrons. The molecule has 0 radical (unpaired) electrons. The predicted molar refractivity (Wildman–Crippen MR) is 62.3 cm³/mol. The number of tetrazole rings is 1. The smallest absolute Gasteiger partial charge is 0.329 e. The Morgan fingerprint density at radius 2 is 2.33 bits per heavy atom. The molecule has 0 aliphatic rings. The number of hydrogen-bond donors (Lipinski definition) is 2. The van der Waals surface area contributed by atoms with Gasteiger partial charge in [-0.15, -0.1) is 10.2 Å². The zero-order chi connectivity index (χ0) is 13.0. The molecule has 0 amide bonds. The monoisotopic (exact) mass is 274 g/mol. The molecule has 0 spiro atoms. The number of thiophene rings is 1. The summed E-state index contributed by atoms with van der Waals surface area (Å²) >= 11 is 1.51. The van der Waals surface area contributed by atoms with Crippen LogP contribution >= 0.6 is 11.3 Å². The van der Waals surface area contributed by atoms with Gasteiger partial charge in [-0.05, 0) is 27.6 Å². The number of nitrogens with zero attached hydrogens (tertiary/aromatic N) is 4. The second kappa shape index (κ2) is 5.94. The van der Waals surface area contributed by atoms with Crippen LogP contribution in [0.15, 0.2) is 16.8 Å². The highest BCUT2D eigenvalue weighted by molar-refractivity contribution is 7.08. The van der Waals surface area contributed by atoms with Gasteiger partial charge < -0.3 is 11.1 Å². The van der Waals surface area contributed by atoms with E-state index in [1.54, 1.807) is 0 Å². The van der Waals surface area contributed by atoms with Crippen LogP contribution in [0.5, 0.6) is 0 Å². The maximum Gasteiger partial charge on any atom is 0.350 e. The Balaban J connectivity index is 2.22. The normalized spacial score (nSPS) is 13.1. The molecular weight excluding hydrogens is 262 g/mol. The zero-order valence-corrected chi connectivity index (χ0v) is 10.1. The standard InChI is InChI=1S/C9H12F2N6S/c10-9(11)17-15-8(14-16-17)7(13-3-2-12)6-1-4-18-5-6/h1,4-5,7,9,13H,2-3,12H2. The first-order chi connectivity index (χ1) is 8.72. The molecule has 1 atom stereocenters. The van der Waals surface area contributed by atoms with Gasteiger partial charge in [0.15, 0.2) is 5.82 Å². The van der Waals surface area contributed by atoms with E-state index in [0.29, 0.717) is 17.9 Å². The van der Waals surface area contributed by atoms with E-state index in [9.17, 15) is 8.78 Å². The van der Waals surface area contributed by atoms with E-state index in [1.807, 2.05) is 16.8 Å². The fourth-order valence-electron chi connectivity index (χ4n) is 1.46. The highest BCUT2D eigenvalue weighted by Gasteiger charge is 2.21. The Morgan fingerprint density at radius 3 is 2.89 bits per heavy atom. The second-order valence-corrected chi connectivity index (χ2v) is 4.26. The van der Waals surface area contributed by atoms with Crippen LogP contribution in [0.2, 0.25) is 0 Å². The summed E-state index contributed by atoms with van der Waals surface area (Å²) in [7, 11) is 0. The Labute approximate surface area is 106 Å². The first kappa shape index (κ1) is 13.0. The molecule has 18 heavy (non-hydrogen) atoms. The molecule has 0 fully saturated rings. The molecule has 1 unspecified atom stereocenters. The summed E-state index contributed by atoms with van der Waals surface area (Å²) in [6.45, 7) is -1.82. The minimum absolute atomic E-state index is 0.210. The van der Waals surface area contributed by atoms with E-state index < -0.39 is 6.55 Å². The third-order valence-corrected chi connectivity index (χ3v) is 2.95. The van der Waals surface area contributed by atoms with Crippen molar-refractivity contribution in [1.29, 1.82) is 0 Å². The first-order valence-corrected chi connectivity index (χ1v) is 6.19. The lowest BCUT2D eigenvalue weighted by molar-refractivity contribution is 0.0393. The van der Waals surface area contributed by atoms with Gasteiger partial charge in [-0.2, -0.15) is 20.1 Å². The Hall–Kier alpha value is -1.45. The van der Waals surface area contributed by atoms with Crippen LogP contribution in [0.25, 0.3) is 0 Å². The Kier molecular flexibility index (Phi) is 4.28. The van der Waals surface area contributed by atoms with Gasteiger partial charge in [-0.3, -0.25) is 0 Å². The fourth-order valence-corrected chi connectivity index (χ4v) is 2.15. The molecule has 0 aliphatic carbocycles. The topological polar surface area (TPSA) is 81.6 Å². The molecule has 6 nitrogen and oxygen atoms in total. The van der Waals surface area contributed by atoms with Gasteiger partial charge in [0, 0.05) is 13.1 Å². The highest BCUT2D eigenvalue weighted by atomic mass is 32.1. The van der Waals surface area contributed by atoms with Crippen molar-refractivity contribution in [3.63, 3.8) is 0 Å². The lowest BCUT2D eigenvalue weighted by Gasteiger charge is -2.13. The number of rotatable bonds is 6. The van der Waals surface area contributed by atoms with Crippen LogP contribution in [0.3, 0.4) is 0 Å². The second-order valence-electron chi connectivity index (χ2n) is 3.48. The fraction of sp³-hybridized carbons (Fsp3) is 0.444. The number of alkyl halides is 2. The number of hydrogen-bond acceptors (Lipinski definition) is 6. The van der Waals surface area contributed by atoms with Crippen LogP contribution in [-0.4, -0.2) is 33.3 Å². The van der Waals surface area contributed by atoms with Gasteiger partial charge in [0.05, 0.1) is 6.04 Å². The van der Waals surface area contributed by atoms with E-state index in [1.165, 1.54) is 11.3 Å². The molecule has 3 N–H and O–H groups in total. The molecule has 0 bridgehead atoms. The Bertz CT molecular complexity index is 471. The summed E-state index contributed by atoms with van der Waals surface area (Å²) in [4.78, 5) is 0.291. The molecular formula is C9H12F2N6S. The largest absolute Gasteiger partial charge is 0.350 e. The van der Waals surface area contributed by atoms with Gasteiger partial charge >= 0.3 is 6.55 Å². The van der Waals surface area contributed by atoms with Gasteiger partial charge in [-0.25, -0.2) is 0 Å². The number of nitrogens with two attached hydrogens (primary N) is 1. The van der Waals surface area contributed by atoms with Crippen molar-refractivity contribution < 1.29 is 8.78 Å². The average molecular weight is 274 g/mol. The molecule has 2 rings (SSSR count). The quantitative estimate of drug-likeness (QED) is 0.813. The van der Waals surface area contributed by atoms with Crippen molar-refractivity contribution in [2.75, 3.05) is 13.1 Å². The summed E-state index contributed by atoms with van der Waals surface area (Å²) in [5.41, 5.74) is 6.33. The summed E-state index contributed by atoms with van der Waals surface area (Å²) in [5.74, 6) is 0.210.